The molecule has 0 unspecified atom stereocenters. The van der Waals surface area contributed by atoms with Gasteiger partial charge in [0.2, 0.25) is 5.88 Å². The molecule has 5 heteroatoms. The van der Waals surface area contributed by atoms with E-state index in [2.05, 4.69) is 9.97 Å². The molecule has 0 spiro atoms. The minimum atomic E-state index is 0.211. The highest BCUT2D eigenvalue weighted by Gasteiger charge is 2.10. The van der Waals surface area contributed by atoms with Gasteiger partial charge in [-0.3, -0.25) is 0 Å². The fourth-order valence-electron chi connectivity index (χ4n) is 1.67. The van der Waals surface area contributed by atoms with Gasteiger partial charge in [0.1, 0.15) is 22.7 Å². The maximum absolute atomic E-state index is 9.64. The maximum Gasteiger partial charge on any atom is 0.231 e. The number of benzene rings is 1. The Morgan fingerprint density at radius 1 is 1.22 bits per heavy atom. The van der Waals surface area contributed by atoms with Crippen molar-refractivity contribution in [3.63, 3.8) is 0 Å². The highest BCUT2D eigenvalue weighted by atomic mass is 32.1. The zero-order valence-corrected chi connectivity index (χ0v) is 10.4. The Hall–Kier alpha value is -2.14. The molecule has 1 aromatic carbocycles. The van der Waals surface area contributed by atoms with Gasteiger partial charge in [0.15, 0.2) is 0 Å². The van der Waals surface area contributed by atoms with Crippen molar-refractivity contribution >= 4 is 21.6 Å². The number of nitrogens with zero attached hydrogens (tertiary/aromatic N) is 2. The first kappa shape index (κ1) is 11.0. The summed E-state index contributed by atoms with van der Waals surface area (Å²) in [5.41, 5.74) is 0.694. The minimum absolute atomic E-state index is 0.211. The molecule has 0 aliphatic heterocycles. The summed E-state index contributed by atoms with van der Waals surface area (Å²) in [6, 6.07) is 7.09. The molecule has 2 aromatic heterocycles. The van der Waals surface area contributed by atoms with E-state index in [9.17, 15) is 5.11 Å². The van der Waals surface area contributed by atoms with Gasteiger partial charge >= 0.3 is 0 Å². The van der Waals surface area contributed by atoms with Crippen molar-refractivity contribution < 1.29 is 9.84 Å². The van der Waals surface area contributed by atoms with E-state index >= 15 is 0 Å². The van der Waals surface area contributed by atoms with Crippen LogP contribution in [0.3, 0.4) is 0 Å². The molecule has 3 rings (SSSR count). The molecular formula is C13H10N2O2S. The molecule has 18 heavy (non-hydrogen) atoms. The van der Waals surface area contributed by atoms with E-state index in [0.29, 0.717) is 17.2 Å². The summed E-state index contributed by atoms with van der Waals surface area (Å²) < 4.78 is 5.76. The number of hydrogen-bond donors (Lipinski definition) is 1. The molecule has 90 valence electrons. The van der Waals surface area contributed by atoms with Crippen molar-refractivity contribution in [1.82, 2.24) is 9.97 Å². The normalized spacial score (nSPS) is 10.7. The summed E-state index contributed by atoms with van der Waals surface area (Å²) in [7, 11) is 0. The van der Waals surface area contributed by atoms with E-state index in [0.717, 1.165) is 10.2 Å². The van der Waals surface area contributed by atoms with Gasteiger partial charge in [0.25, 0.3) is 0 Å². The Kier molecular flexibility index (Phi) is 2.60. The third-order valence-electron chi connectivity index (χ3n) is 2.69. The molecule has 2 heterocycles. The van der Waals surface area contributed by atoms with Crippen LogP contribution in [0.1, 0.15) is 5.56 Å². The van der Waals surface area contributed by atoms with Crippen LogP contribution in [0, 0.1) is 6.92 Å². The molecular weight excluding hydrogens is 248 g/mol. The summed E-state index contributed by atoms with van der Waals surface area (Å²) in [6.07, 6.45) is 1.48. The first-order chi connectivity index (χ1) is 8.75. The van der Waals surface area contributed by atoms with Crippen LogP contribution >= 0.6 is 11.3 Å². The predicted molar refractivity (Wildman–Crippen MR) is 70.3 cm³/mol. The second-order valence-corrected chi connectivity index (χ2v) is 4.72. The minimum Gasteiger partial charge on any atom is -0.508 e. The van der Waals surface area contributed by atoms with Crippen molar-refractivity contribution in [1.29, 1.82) is 0 Å². The first-order valence-electron chi connectivity index (χ1n) is 5.40. The van der Waals surface area contributed by atoms with E-state index in [4.69, 9.17) is 4.74 Å². The summed E-state index contributed by atoms with van der Waals surface area (Å²) >= 11 is 1.54. The zero-order valence-electron chi connectivity index (χ0n) is 9.62. The lowest BCUT2D eigenvalue weighted by molar-refractivity contribution is 0.442. The molecule has 0 saturated heterocycles. The lowest BCUT2D eigenvalue weighted by Crippen LogP contribution is -1.91. The van der Waals surface area contributed by atoms with E-state index in [-0.39, 0.29) is 5.75 Å². The number of thiophene rings is 1. The number of fused-ring (bicyclic) bond motifs is 1. The fraction of sp³-hybridized carbons (Fsp3) is 0.0769. The molecule has 0 atom stereocenters. The Labute approximate surface area is 108 Å². The van der Waals surface area contributed by atoms with Crippen LogP contribution < -0.4 is 4.74 Å². The largest absolute Gasteiger partial charge is 0.508 e. The topological polar surface area (TPSA) is 55.2 Å². The average molecular weight is 258 g/mol. The highest BCUT2D eigenvalue weighted by Crippen LogP contribution is 2.33. The predicted octanol–water partition coefficient (Wildman–Crippen LogP) is 3.50. The molecule has 0 fully saturated rings. The molecule has 0 amide bonds. The van der Waals surface area contributed by atoms with Crippen LogP contribution in [0.5, 0.6) is 17.4 Å². The van der Waals surface area contributed by atoms with Gasteiger partial charge in [-0.05, 0) is 30.5 Å². The molecule has 3 aromatic rings. The maximum atomic E-state index is 9.64. The zero-order chi connectivity index (χ0) is 12.5. The lowest BCUT2D eigenvalue weighted by atomic mass is 10.2. The molecule has 0 radical (unpaired) electrons. The first-order valence-corrected chi connectivity index (χ1v) is 6.28. The van der Waals surface area contributed by atoms with Gasteiger partial charge in [-0.25, -0.2) is 9.97 Å². The van der Waals surface area contributed by atoms with E-state index in [1.165, 1.54) is 17.7 Å². The van der Waals surface area contributed by atoms with Gasteiger partial charge in [-0.2, -0.15) is 0 Å². The van der Waals surface area contributed by atoms with Crippen LogP contribution in [0.25, 0.3) is 10.2 Å². The van der Waals surface area contributed by atoms with Gasteiger partial charge in [-0.15, -0.1) is 11.3 Å². The van der Waals surface area contributed by atoms with Crippen LogP contribution in [0.2, 0.25) is 0 Å². The van der Waals surface area contributed by atoms with Gasteiger partial charge in [0, 0.05) is 5.56 Å². The lowest BCUT2D eigenvalue weighted by Gasteiger charge is -2.09. The number of ether oxygens (including phenoxy) is 1. The van der Waals surface area contributed by atoms with E-state index in [1.807, 2.05) is 11.4 Å². The summed E-state index contributed by atoms with van der Waals surface area (Å²) in [5, 5.41) is 12.5. The quantitative estimate of drug-likeness (QED) is 0.764. The van der Waals surface area contributed by atoms with Crippen LogP contribution in [0.4, 0.5) is 0 Å². The van der Waals surface area contributed by atoms with Gasteiger partial charge < -0.3 is 9.84 Å². The van der Waals surface area contributed by atoms with Gasteiger partial charge in [-0.1, -0.05) is 6.07 Å². The molecule has 0 bridgehead atoms. The van der Waals surface area contributed by atoms with Crippen LogP contribution in [-0.2, 0) is 0 Å². The number of aromatic nitrogens is 2. The Balaban J connectivity index is 2.06. The molecule has 4 nitrogen and oxygen atoms in total. The van der Waals surface area contributed by atoms with Crippen LogP contribution in [-0.4, -0.2) is 15.1 Å². The molecule has 0 aliphatic carbocycles. The number of phenolic OH excluding ortho intramolecular Hbond substituents is 1. The van der Waals surface area contributed by atoms with Crippen LogP contribution in [0.15, 0.2) is 36.0 Å². The van der Waals surface area contributed by atoms with Gasteiger partial charge in [0.05, 0.1) is 5.39 Å². The van der Waals surface area contributed by atoms with Crippen molar-refractivity contribution in [2.45, 2.75) is 6.92 Å². The molecule has 0 aliphatic rings. The number of aromatic hydroxyl groups is 1. The molecule has 0 saturated carbocycles. The van der Waals surface area contributed by atoms with Crippen molar-refractivity contribution in [2.75, 3.05) is 0 Å². The summed E-state index contributed by atoms with van der Waals surface area (Å²) in [5.74, 6) is 1.32. The smallest absolute Gasteiger partial charge is 0.231 e. The molecule has 1 N–H and O–H groups in total. The number of hydrogen-bond acceptors (Lipinski definition) is 5. The average Bonchev–Trinajstić information content (AvgIpc) is 2.84. The third kappa shape index (κ3) is 1.78. The fourth-order valence-corrected chi connectivity index (χ4v) is 2.39. The number of rotatable bonds is 2. The van der Waals surface area contributed by atoms with Crippen molar-refractivity contribution in [3.05, 3.63) is 41.5 Å². The third-order valence-corrected chi connectivity index (χ3v) is 3.51. The Bertz CT molecular complexity index is 709. The Morgan fingerprint density at radius 3 is 3.00 bits per heavy atom. The van der Waals surface area contributed by atoms with E-state index in [1.54, 1.807) is 25.1 Å². The SMILES string of the molecule is Cc1c(O)cccc1Oc1ncnc2sccc12. The second-order valence-electron chi connectivity index (χ2n) is 3.82. The Morgan fingerprint density at radius 2 is 2.11 bits per heavy atom. The second kappa shape index (κ2) is 4.27. The monoisotopic (exact) mass is 258 g/mol. The van der Waals surface area contributed by atoms with E-state index < -0.39 is 0 Å². The summed E-state index contributed by atoms with van der Waals surface area (Å²) in [4.78, 5) is 9.19. The highest BCUT2D eigenvalue weighted by molar-refractivity contribution is 7.16. The number of phenols is 1. The van der Waals surface area contributed by atoms with Crippen molar-refractivity contribution in [3.8, 4) is 17.4 Å². The standard InChI is InChI=1S/C13H10N2O2S/c1-8-10(16)3-2-4-11(8)17-12-9-5-6-18-13(9)15-7-14-12/h2-7,16H,1H3. The summed E-state index contributed by atoms with van der Waals surface area (Å²) in [6.45, 7) is 1.80. The van der Waals surface area contributed by atoms with Crippen molar-refractivity contribution in [2.24, 2.45) is 0 Å².